The van der Waals surface area contributed by atoms with Gasteiger partial charge < -0.3 is 19.1 Å². The fourth-order valence-corrected chi connectivity index (χ4v) is 4.36. The Morgan fingerprint density at radius 3 is 2.52 bits per heavy atom. The minimum Gasteiger partial charge on any atom is -0.497 e. The van der Waals surface area contributed by atoms with E-state index in [1.807, 2.05) is 0 Å². The molecule has 0 aliphatic carbocycles. The lowest BCUT2D eigenvalue weighted by Crippen LogP contribution is -2.41. The monoisotopic (exact) mass is 387 g/mol. The van der Waals surface area contributed by atoms with Gasteiger partial charge in [0.2, 0.25) is 6.79 Å². The van der Waals surface area contributed by atoms with Gasteiger partial charge in [-0.05, 0) is 48.5 Å². The highest BCUT2D eigenvalue weighted by Crippen LogP contribution is 2.34. The van der Waals surface area contributed by atoms with Gasteiger partial charge in [0.05, 0.1) is 18.9 Å². The van der Waals surface area contributed by atoms with Crippen LogP contribution in [0.4, 0.5) is 5.69 Å². The zero-order chi connectivity index (χ0) is 19.0. The molecule has 0 aromatic heterocycles. The molecule has 0 bridgehead atoms. The van der Waals surface area contributed by atoms with Crippen molar-refractivity contribution in [1.29, 1.82) is 0 Å². The summed E-state index contributed by atoms with van der Waals surface area (Å²) < 4.78 is 39.6. The van der Waals surface area contributed by atoms with E-state index in [4.69, 9.17) is 14.2 Å². The molecule has 4 rings (SSSR count). The van der Waals surface area contributed by atoms with Crippen molar-refractivity contribution in [1.82, 2.24) is 0 Å². The lowest BCUT2D eigenvalue weighted by atomic mass is 10.1. The smallest absolute Gasteiger partial charge is 0.258 e. The van der Waals surface area contributed by atoms with E-state index in [9.17, 15) is 13.2 Å². The highest BCUT2D eigenvalue weighted by atomic mass is 32.2. The van der Waals surface area contributed by atoms with E-state index in [-0.39, 0.29) is 18.5 Å². The van der Waals surface area contributed by atoms with Crippen LogP contribution in [0.5, 0.6) is 17.2 Å². The number of fused-ring (bicyclic) bond motifs is 1. The minimum absolute atomic E-state index is 0.110. The number of methoxy groups -OCH3 is 1. The van der Waals surface area contributed by atoms with E-state index in [2.05, 4.69) is 0 Å². The Balaban J connectivity index is 1.72. The van der Waals surface area contributed by atoms with Crippen LogP contribution in [-0.4, -0.2) is 40.0 Å². The van der Waals surface area contributed by atoms with Crippen LogP contribution in [-0.2, 0) is 9.84 Å². The Labute approximate surface area is 156 Å². The first-order valence-electron chi connectivity index (χ1n) is 8.25. The standard InChI is InChI=1S/C19H17NO6S/c1-24-16-5-3-14(4-6-16)20(15-8-9-27(22,23)11-15)19(21)13-2-7-17-18(10-13)26-12-25-17/h2-10,15H,11-12H2,1H3. The van der Waals surface area contributed by atoms with Crippen molar-refractivity contribution in [3.8, 4) is 17.2 Å². The molecule has 0 N–H and O–H groups in total. The molecular formula is C19H17NO6S. The molecule has 1 amide bonds. The Hall–Kier alpha value is -3.00. The van der Waals surface area contributed by atoms with Gasteiger partial charge in [-0.1, -0.05) is 0 Å². The van der Waals surface area contributed by atoms with E-state index < -0.39 is 15.9 Å². The summed E-state index contributed by atoms with van der Waals surface area (Å²) in [5, 5.41) is 1.15. The summed E-state index contributed by atoms with van der Waals surface area (Å²) in [5.41, 5.74) is 0.956. The summed E-state index contributed by atoms with van der Waals surface area (Å²) in [6.07, 6.45) is 1.53. The first kappa shape index (κ1) is 17.4. The van der Waals surface area contributed by atoms with Crippen LogP contribution in [0.3, 0.4) is 0 Å². The summed E-state index contributed by atoms with van der Waals surface area (Å²) >= 11 is 0. The molecule has 2 heterocycles. The molecule has 27 heavy (non-hydrogen) atoms. The SMILES string of the molecule is COc1ccc(N(C(=O)c2ccc3c(c2)OCO3)C2C=CS(=O)(=O)C2)cc1. The van der Waals surface area contributed by atoms with E-state index in [0.29, 0.717) is 28.5 Å². The molecule has 2 aliphatic heterocycles. The highest BCUT2D eigenvalue weighted by molar-refractivity contribution is 7.94. The predicted molar refractivity (Wildman–Crippen MR) is 99.1 cm³/mol. The first-order valence-corrected chi connectivity index (χ1v) is 9.96. The number of carbonyl (C=O) groups is 1. The quantitative estimate of drug-likeness (QED) is 0.801. The number of rotatable bonds is 4. The first-order chi connectivity index (χ1) is 13.0. The van der Waals surface area contributed by atoms with Gasteiger partial charge in [-0.15, -0.1) is 0 Å². The number of sulfone groups is 1. The maximum Gasteiger partial charge on any atom is 0.258 e. The molecule has 1 atom stereocenters. The number of hydrogen-bond donors (Lipinski definition) is 0. The summed E-state index contributed by atoms with van der Waals surface area (Å²) in [4.78, 5) is 14.7. The highest BCUT2D eigenvalue weighted by Gasteiger charge is 2.32. The minimum atomic E-state index is -3.33. The van der Waals surface area contributed by atoms with Gasteiger partial charge in [0.1, 0.15) is 5.75 Å². The Morgan fingerprint density at radius 2 is 1.85 bits per heavy atom. The number of carbonyl (C=O) groups excluding carboxylic acids is 1. The lowest BCUT2D eigenvalue weighted by Gasteiger charge is -2.28. The summed E-state index contributed by atoms with van der Waals surface area (Å²) in [6.45, 7) is 0.110. The van der Waals surface area contributed by atoms with Gasteiger partial charge in [-0.25, -0.2) is 8.42 Å². The number of hydrogen-bond acceptors (Lipinski definition) is 6. The second-order valence-corrected chi connectivity index (χ2v) is 8.10. The van der Waals surface area contributed by atoms with Crippen molar-refractivity contribution in [3.05, 3.63) is 59.5 Å². The van der Waals surface area contributed by atoms with E-state index >= 15 is 0 Å². The molecule has 2 aromatic carbocycles. The van der Waals surface area contributed by atoms with Crippen LogP contribution in [0.2, 0.25) is 0 Å². The number of anilines is 1. The van der Waals surface area contributed by atoms with Crippen LogP contribution >= 0.6 is 0 Å². The molecule has 2 aliphatic rings. The van der Waals surface area contributed by atoms with E-state index in [1.165, 1.54) is 11.0 Å². The van der Waals surface area contributed by atoms with Crippen molar-refractivity contribution >= 4 is 21.4 Å². The van der Waals surface area contributed by atoms with Gasteiger partial charge in [0.25, 0.3) is 5.91 Å². The maximum atomic E-state index is 13.3. The Bertz CT molecular complexity index is 1010. The van der Waals surface area contributed by atoms with Crippen LogP contribution in [0, 0.1) is 0 Å². The molecule has 0 spiro atoms. The molecule has 7 nitrogen and oxygen atoms in total. The van der Waals surface area contributed by atoms with Crippen molar-refractivity contribution in [2.75, 3.05) is 24.6 Å². The maximum absolute atomic E-state index is 13.3. The predicted octanol–water partition coefficient (Wildman–Crippen LogP) is 2.38. The lowest BCUT2D eigenvalue weighted by molar-refractivity contribution is 0.0982. The third-order valence-corrected chi connectivity index (χ3v) is 5.81. The summed E-state index contributed by atoms with van der Waals surface area (Å²) in [7, 11) is -1.78. The average molecular weight is 387 g/mol. The van der Waals surface area contributed by atoms with Gasteiger partial charge in [-0.2, -0.15) is 0 Å². The molecular weight excluding hydrogens is 370 g/mol. The fourth-order valence-electron chi connectivity index (χ4n) is 3.09. The van der Waals surface area contributed by atoms with Gasteiger partial charge in [0, 0.05) is 16.7 Å². The topological polar surface area (TPSA) is 82.1 Å². The average Bonchev–Trinajstić information content (AvgIpc) is 3.27. The second kappa shape index (κ2) is 6.62. The Morgan fingerprint density at radius 1 is 1.11 bits per heavy atom. The van der Waals surface area contributed by atoms with Crippen molar-refractivity contribution < 1.29 is 27.4 Å². The number of benzene rings is 2. The Kier molecular flexibility index (Phi) is 4.27. The van der Waals surface area contributed by atoms with Crippen molar-refractivity contribution in [2.45, 2.75) is 6.04 Å². The molecule has 1 unspecified atom stereocenters. The molecule has 140 valence electrons. The van der Waals surface area contributed by atoms with Crippen LogP contribution in [0.25, 0.3) is 0 Å². The normalized spacial score (nSPS) is 19.1. The zero-order valence-corrected chi connectivity index (χ0v) is 15.3. The molecule has 0 saturated carbocycles. The van der Waals surface area contributed by atoms with E-state index in [0.717, 1.165) is 5.41 Å². The van der Waals surface area contributed by atoms with Crippen molar-refractivity contribution in [3.63, 3.8) is 0 Å². The van der Waals surface area contributed by atoms with Crippen LogP contribution < -0.4 is 19.1 Å². The number of nitrogens with zero attached hydrogens (tertiary/aromatic N) is 1. The summed E-state index contributed by atoms with van der Waals surface area (Å²) in [6, 6.07) is 11.2. The van der Waals surface area contributed by atoms with Crippen molar-refractivity contribution in [2.24, 2.45) is 0 Å². The number of amides is 1. The molecule has 0 fully saturated rings. The third kappa shape index (κ3) is 3.35. The summed E-state index contributed by atoms with van der Waals surface area (Å²) in [5.74, 6) is 1.22. The third-order valence-electron chi connectivity index (χ3n) is 4.43. The fraction of sp³-hybridized carbons (Fsp3) is 0.211. The molecule has 0 saturated heterocycles. The van der Waals surface area contributed by atoms with Gasteiger partial charge >= 0.3 is 0 Å². The van der Waals surface area contributed by atoms with Gasteiger partial charge in [-0.3, -0.25) is 4.79 Å². The van der Waals surface area contributed by atoms with Gasteiger partial charge in [0.15, 0.2) is 21.3 Å². The zero-order valence-electron chi connectivity index (χ0n) is 14.5. The van der Waals surface area contributed by atoms with E-state index in [1.54, 1.807) is 49.6 Å². The molecule has 2 aromatic rings. The van der Waals surface area contributed by atoms with Crippen LogP contribution in [0.15, 0.2) is 53.9 Å². The largest absolute Gasteiger partial charge is 0.497 e. The van der Waals surface area contributed by atoms with Crippen LogP contribution in [0.1, 0.15) is 10.4 Å². The molecule has 8 heteroatoms. The molecule has 0 radical (unpaired) electrons. The number of ether oxygens (including phenoxy) is 3. The second-order valence-electron chi connectivity index (χ2n) is 6.17.